The van der Waals surface area contributed by atoms with E-state index in [1.165, 1.54) is 6.07 Å². The second kappa shape index (κ2) is 7.48. The molecule has 2 heterocycles. The van der Waals surface area contributed by atoms with Gasteiger partial charge in [0.1, 0.15) is 28.2 Å². The summed E-state index contributed by atoms with van der Waals surface area (Å²) in [5, 5.41) is 40.0. The number of aryl methyl sites for hydroxylation is 1. The zero-order chi connectivity index (χ0) is 21.6. The van der Waals surface area contributed by atoms with Crippen LogP contribution in [0.1, 0.15) is 29.0 Å². The molecule has 1 unspecified atom stereocenters. The molecule has 7 nitrogen and oxygen atoms in total. The van der Waals surface area contributed by atoms with Crippen LogP contribution in [0, 0.1) is 18.3 Å². The fourth-order valence-corrected chi connectivity index (χ4v) is 4.43. The third-order valence-electron chi connectivity index (χ3n) is 6.00. The minimum Gasteiger partial charge on any atom is -0.507 e. The second-order valence-corrected chi connectivity index (χ2v) is 7.77. The largest absolute Gasteiger partial charge is 0.507 e. The van der Waals surface area contributed by atoms with E-state index in [1.807, 2.05) is 18.9 Å². The molecule has 7 heteroatoms. The van der Waals surface area contributed by atoms with Gasteiger partial charge in [-0.1, -0.05) is 0 Å². The van der Waals surface area contributed by atoms with Gasteiger partial charge in [0.15, 0.2) is 5.43 Å². The van der Waals surface area contributed by atoms with Gasteiger partial charge in [0.05, 0.1) is 18.2 Å². The Labute approximate surface area is 173 Å². The summed E-state index contributed by atoms with van der Waals surface area (Å²) < 4.78 is 6.11. The van der Waals surface area contributed by atoms with Crippen molar-refractivity contribution in [2.24, 2.45) is 0 Å². The number of phenols is 2. The first-order chi connectivity index (χ1) is 14.3. The molecular weight excluding hydrogens is 384 g/mol. The van der Waals surface area contributed by atoms with Crippen molar-refractivity contribution in [2.75, 3.05) is 20.2 Å². The SMILES string of the molecule is Cc1cc(C#N)ccc1-c1cc(=O)c2c(O)cc(O)c(C3CCN(C)[C@@H]3CO)c2o1. The van der Waals surface area contributed by atoms with Gasteiger partial charge < -0.3 is 24.6 Å². The molecule has 0 spiro atoms. The van der Waals surface area contributed by atoms with Crippen LogP contribution in [-0.4, -0.2) is 46.5 Å². The summed E-state index contributed by atoms with van der Waals surface area (Å²) in [6, 6.07) is 9.35. The maximum absolute atomic E-state index is 12.9. The standard InChI is InChI=1S/C23H22N2O5/c1-12-7-13(10-24)3-4-14(12)20-9-19(29)22-18(28)8-17(27)21(23(22)30-20)15-5-6-25(2)16(15)11-26/h3-4,7-9,15-16,26-28H,5-6,11H2,1-2H3/t15?,16-/m1/s1. The van der Waals surface area contributed by atoms with Crippen LogP contribution in [0.3, 0.4) is 0 Å². The van der Waals surface area contributed by atoms with Crippen molar-refractivity contribution in [3.63, 3.8) is 0 Å². The smallest absolute Gasteiger partial charge is 0.197 e. The fourth-order valence-electron chi connectivity index (χ4n) is 4.43. The molecule has 1 aliphatic rings. The first-order valence-corrected chi connectivity index (χ1v) is 9.70. The molecule has 2 atom stereocenters. The Morgan fingerprint density at radius 2 is 2.00 bits per heavy atom. The first-order valence-electron chi connectivity index (χ1n) is 9.70. The molecule has 0 aliphatic carbocycles. The van der Waals surface area contributed by atoms with Crippen LogP contribution in [0.2, 0.25) is 0 Å². The fraction of sp³-hybridized carbons (Fsp3) is 0.304. The summed E-state index contributed by atoms with van der Waals surface area (Å²) >= 11 is 0. The van der Waals surface area contributed by atoms with Crippen LogP contribution in [0.5, 0.6) is 11.5 Å². The summed E-state index contributed by atoms with van der Waals surface area (Å²) in [7, 11) is 1.89. The second-order valence-electron chi connectivity index (χ2n) is 7.77. The number of hydrogen-bond acceptors (Lipinski definition) is 7. The first kappa shape index (κ1) is 20.0. The molecule has 4 rings (SSSR count). The maximum Gasteiger partial charge on any atom is 0.197 e. The number of aliphatic hydroxyl groups excluding tert-OH is 1. The van der Waals surface area contributed by atoms with Crippen LogP contribution >= 0.6 is 0 Å². The number of nitrogens with zero attached hydrogens (tertiary/aromatic N) is 2. The van der Waals surface area contributed by atoms with Crippen molar-refractivity contribution in [1.82, 2.24) is 4.90 Å². The summed E-state index contributed by atoms with van der Waals surface area (Å²) in [6.07, 6.45) is 0.666. The Morgan fingerprint density at radius 1 is 1.23 bits per heavy atom. The molecule has 3 aromatic rings. The molecule has 30 heavy (non-hydrogen) atoms. The predicted octanol–water partition coefficient (Wildman–Crippen LogP) is 2.83. The van der Waals surface area contributed by atoms with E-state index in [-0.39, 0.29) is 46.8 Å². The summed E-state index contributed by atoms with van der Waals surface area (Å²) in [6.45, 7) is 2.42. The average Bonchev–Trinajstić information content (AvgIpc) is 3.07. The number of benzene rings is 2. The molecule has 1 aliphatic heterocycles. The molecular formula is C23H22N2O5. The zero-order valence-corrected chi connectivity index (χ0v) is 16.7. The lowest BCUT2D eigenvalue weighted by Gasteiger charge is -2.24. The highest BCUT2D eigenvalue weighted by molar-refractivity contribution is 5.90. The lowest BCUT2D eigenvalue weighted by Crippen LogP contribution is -2.32. The van der Waals surface area contributed by atoms with Crippen LogP contribution in [0.4, 0.5) is 0 Å². The van der Waals surface area contributed by atoms with Crippen LogP contribution in [0.25, 0.3) is 22.3 Å². The van der Waals surface area contributed by atoms with E-state index < -0.39 is 5.43 Å². The van der Waals surface area contributed by atoms with Gasteiger partial charge in [0, 0.05) is 35.2 Å². The normalized spacial score (nSPS) is 19.3. The monoisotopic (exact) mass is 406 g/mol. The number of fused-ring (bicyclic) bond motifs is 1. The Balaban J connectivity index is 2.00. The third-order valence-corrected chi connectivity index (χ3v) is 6.00. The van der Waals surface area contributed by atoms with Crippen molar-refractivity contribution >= 4 is 11.0 Å². The average molecular weight is 406 g/mol. The van der Waals surface area contributed by atoms with Crippen molar-refractivity contribution in [3.8, 4) is 28.9 Å². The zero-order valence-electron chi connectivity index (χ0n) is 16.7. The molecule has 1 fully saturated rings. The summed E-state index contributed by atoms with van der Waals surface area (Å²) in [5.74, 6) is -0.498. The van der Waals surface area contributed by atoms with Crippen LogP contribution in [-0.2, 0) is 0 Å². The Kier molecular flexibility index (Phi) is 4.98. The van der Waals surface area contributed by atoms with E-state index in [0.29, 0.717) is 23.1 Å². The molecule has 0 radical (unpaired) electrons. The number of rotatable bonds is 3. The molecule has 0 saturated carbocycles. The van der Waals surface area contributed by atoms with Crippen LogP contribution in [0.15, 0.2) is 39.5 Å². The van der Waals surface area contributed by atoms with E-state index >= 15 is 0 Å². The number of aliphatic hydroxyl groups is 1. The number of nitriles is 1. The van der Waals surface area contributed by atoms with E-state index in [2.05, 4.69) is 6.07 Å². The van der Waals surface area contributed by atoms with Crippen molar-refractivity contribution in [2.45, 2.75) is 25.3 Å². The molecule has 1 aromatic heterocycles. The predicted molar refractivity (Wildman–Crippen MR) is 112 cm³/mol. The van der Waals surface area contributed by atoms with Gasteiger partial charge in [-0.2, -0.15) is 5.26 Å². The van der Waals surface area contributed by atoms with E-state index in [9.17, 15) is 20.1 Å². The highest BCUT2D eigenvalue weighted by Gasteiger charge is 2.36. The van der Waals surface area contributed by atoms with E-state index in [4.69, 9.17) is 9.68 Å². The van der Waals surface area contributed by atoms with Crippen LogP contribution < -0.4 is 5.43 Å². The Bertz CT molecular complexity index is 1240. The van der Waals surface area contributed by atoms with Crippen molar-refractivity contribution < 1.29 is 19.7 Å². The highest BCUT2D eigenvalue weighted by atomic mass is 16.3. The van der Waals surface area contributed by atoms with Gasteiger partial charge in [-0.15, -0.1) is 0 Å². The number of aromatic hydroxyl groups is 2. The maximum atomic E-state index is 12.9. The minimum absolute atomic E-state index is 0.00379. The third kappa shape index (κ3) is 3.11. The quantitative estimate of drug-likeness (QED) is 0.612. The number of hydrogen-bond donors (Lipinski definition) is 3. The number of phenolic OH excluding ortho intramolecular Hbond substituents is 2. The highest BCUT2D eigenvalue weighted by Crippen LogP contribution is 2.44. The van der Waals surface area contributed by atoms with Crippen molar-refractivity contribution in [1.29, 1.82) is 5.26 Å². The van der Waals surface area contributed by atoms with Gasteiger partial charge in [-0.05, 0) is 50.7 Å². The topological polar surface area (TPSA) is 118 Å². The Morgan fingerprint density at radius 3 is 2.67 bits per heavy atom. The molecule has 154 valence electrons. The van der Waals surface area contributed by atoms with Gasteiger partial charge in [0.25, 0.3) is 0 Å². The van der Waals surface area contributed by atoms with Gasteiger partial charge in [0.2, 0.25) is 0 Å². The molecule has 1 saturated heterocycles. The summed E-state index contributed by atoms with van der Waals surface area (Å²) in [5.41, 5.74) is 2.00. The van der Waals surface area contributed by atoms with Crippen molar-refractivity contribution in [3.05, 3.63) is 57.2 Å². The Hall–Kier alpha value is -3.34. The lowest BCUT2D eigenvalue weighted by atomic mass is 9.89. The van der Waals surface area contributed by atoms with Gasteiger partial charge in [-0.25, -0.2) is 0 Å². The van der Waals surface area contributed by atoms with Gasteiger partial charge >= 0.3 is 0 Å². The number of likely N-dealkylation sites (N-methyl/N-ethyl adjacent to an activating group) is 1. The molecule has 2 aromatic carbocycles. The minimum atomic E-state index is -0.430. The lowest BCUT2D eigenvalue weighted by molar-refractivity contribution is 0.172. The molecule has 0 bridgehead atoms. The van der Waals surface area contributed by atoms with E-state index in [1.54, 1.807) is 18.2 Å². The van der Waals surface area contributed by atoms with E-state index in [0.717, 1.165) is 18.2 Å². The molecule has 0 amide bonds. The number of likely N-dealkylation sites (tertiary alicyclic amines) is 1. The summed E-state index contributed by atoms with van der Waals surface area (Å²) in [4.78, 5) is 14.9. The molecule has 3 N–H and O–H groups in total. The van der Waals surface area contributed by atoms with Gasteiger partial charge in [-0.3, -0.25) is 4.79 Å².